The Kier molecular flexibility index (Phi) is 6.71. The van der Waals surface area contributed by atoms with E-state index >= 15 is 0 Å². The fourth-order valence-electron chi connectivity index (χ4n) is 2.37. The number of nitrogens with zero attached hydrogens (tertiary/aromatic N) is 1. The molecule has 7 nitrogen and oxygen atoms in total. The average molecular weight is 320 g/mol. The number of aryl methyl sites for hydroxylation is 3. The van der Waals surface area contributed by atoms with Crippen LogP contribution in [-0.4, -0.2) is 42.9 Å². The number of rotatable bonds is 6. The maximum Gasteiger partial charge on any atom is 0.318 e. The Hall–Kier alpha value is -2.41. The van der Waals surface area contributed by atoms with Crippen molar-refractivity contribution in [2.75, 3.05) is 25.5 Å². The smallest absolute Gasteiger partial charge is 0.318 e. The van der Waals surface area contributed by atoms with E-state index in [0.29, 0.717) is 6.54 Å². The standard InChI is InChI=1S/C16H24N4O3/c1-10-7-11(2)15(12(3)8-10)18-14(22)9-20(4)6-5-13(21)19-16(17)23/h7-8H,5-6,9H2,1-4H3,(H,18,22)(H3,17,19,21,23). The number of benzene rings is 1. The van der Waals surface area contributed by atoms with Crippen molar-refractivity contribution in [2.24, 2.45) is 5.73 Å². The third-order valence-corrected chi connectivity index (χ3v) is 3.34. The molecule has 0 aliphatic carbocycles. The number of urea groups is 1. The highest BCUT2D eigenvalue weighted by atomic mass is 16.2. The van der Waals surface area contributed by atoms with Crippen LogP contribution in [0.5, 0.6) is 0 Å². The summed E-state index contributed by atoms with van der Waals surface area (Å²) in [6.45, 7) is 6.41. The van der Waals surface area contributed by atoms with Crippen LogP contribution in [0.1, 0.15) is 23.1 Å². The summed E-state index contributed by atoms with van der Waals surface area (Å²) >= 11 is 0. The van der Waals surface area contributed by atoms with Crippen molar-refractivity contribution in [3.8, 4) is 0 Å². The zero-order valence-electron chi connectivity index (χ0n) is 14.0. The quantitative estimate of drug-likeness (QED) is 0.729. The molecular weight excluding hydrogens is 296 g/mol. The Balaban J connectivity index is 2.50. The number of nitrogens with one attached hydrogen (secondary N) is 2. The predicted molar refractivity (Wildman–Crippen MR) is 89.1 cm³/mol. The molecule has 4 N–H and O–H groups in total. The highest BCUT2D eigenvalue weighted by molar-refractivity contribution is 5.94. The molecule has 0 fully saturated rings. The van der Waals surface area contributed by atoms with E-state index in [1.165, 1.54) is 0 Å². The first-order valence-corrected chi connectivity index (χ1v) is 7.34. The van der Waals surface area contributed by atoms with E-state index in [0.717, 1.165) is 22.4 Å². The largest absolute Gasteiger partial charge is 0.351 e. The molecule has 0 bridgehead atoms. The van der Waals surface area contributed by atoms with Crippen molar-refractivity contribution < 1.29 is 14.4 Å². The molecule has 4 amide bonds. The van der Waals surface area contributed by atoms with Gasteiger partial charge in [-0.05, 0) is 38.9 Å². The maximum atomic E-state index is 12.1. The van der Waals surface area contributed by atoms with Crippen LogP contribution in [0.2, 0.25) is 0 Å². The van der Waals surface area contributed by atoms with E-state index in [1.807, 2.05) is 38.2 Å². The predicted octanol–water partition coefficient (Wildman–Crippen LogP) is 1.07. The fraction of sp³-hybridized carbons (Fsp3) is 0.438. The van der Waals surface area contributed by atoms with Gasteiger partial charge in [0.2, 0.25) is 11.8 Å². The first kappa shape index (κ1) is 18.6. The van der Waals surface area contributed by atoms with Gasteiger partial charge in [0.15, 0.2) is 0 Å². The van der Waals surface area contributed by atoms with Gasteiger partial charge in [0.05, 0.1) is 6.54 Å². The second-order valence-electron chi connectivity index (χ2n) is 5.72. The molecule has 0 aliphatic rings. The Labute approximate surface area is 136 Å². The third-order valence-electron chi connectivity index (χ3n) is 3.34. The summed E-state index contributed by atoms with van der Waals surface area (Å²) < 4.78 is 0. The molecule has 23 heavy (non-hydrogen) atoms. The topological polar surface area (TPSA) is 105 Å². The van der Waals surface area contributed by atoms with Crippen LogP contribution in [0.15, 0.2) is 12.1 Å². The summed E-state index contributed by atoms with van der Waals surface area (Å²) in [7, 11) is 1.73. The number of carbonyl (C=O) groups excluding carboxylic acids is 3. The van der Waals surface area contributed by atoms with Crippen LogP contribution in [0, 0.1) is 20.8 Å². The minimum Gasteiger partial charge on any atom is -0.351 e. The van der Waals surface area contributed by atoms with Crippen molar-refractivity contribution in [3.63, 3.8) is 0 Å². The summed E-state index contributed by atoms with van der Waals surface area (Å²) in [6, 6.07) is 3.15. The zero-order valence-corrected chi connectivity index (χ0v) is 14.0. The van der Waals surface area contributed by atoms with Gasteiger partial charge in [0, 0.05) is 18.7 Å². The second kappa shape index (κ2) is 8.28. The number of primary amides is 1. The number of hydrogen-bond donors (Lipinski definition) is 3. The number of carbonyl (C=O) groups is 3. The monoisotopic (exact) mass is 320 g/mol. The van der Waals surface area contributed by atoms with Gasteiger partial charge in [-0.1, -0.05) is 17.7 Å². The van der Waals surface area contributed by atoms with Crippen LogP contribution in [0.25, 0.3) is 0 Å². The van der Waals surface area contributed by atoms with Gasteiger partial charge in [0.25, 0.3) is 0 Å². The normalized spacial score (nSPS) is 10.5. The summed E-state index contributed by atoms with van der Waals surface area (Å²) in [4.78, 5) is 35.7. The maximum absolute atomic E-state index is 12.1. The lowest BCUT2D eigenvalue weighted by atomic mass is 10.1. The molecule has 0 spiro atoms. The van der Waals surface area contributed by atoms with E-state index < -0.39 is 11.9 Å². The highest BCUT2D eigenvalue weighted by Gasteiger charge is 2.12. The summed E-state index contributed by atoms with van der Waals surface area (Å²) in [5.74, 6) is -0.618. The number of hydrogen-bond acceptors (Lipinski definition) is 4. The lowest BCUT2D eigenvalue weighted by molar-refractivity contribution is -0.121. The third kappa shape index (κ3) is 6.48. The van der Waals surface area contributed by atoms with Gasteiger partial charge in [-0.2, -0.15) is 0 Å². The van der Waals surface area contributed by atoms with Crippen molar-refractivity contribution in [3.05, 3.63) is 28.8 Å². The minimum absolute atomic E-state index is 0.0926. The van der Waals surface area contributed by atoms with Crippen LogP contribution in [0.4, 0.5) is 10.5 Å². The Bertz CT molecular complexity index is 590. The Morgan fingerprint density at radius 1 is 1.09 bits per heavy atom. The fourth-order valence-corrected chi connectivity index (χ4v) is 2.37. The van der Waals surface area contributed by atoms with Gasteiger partial charge >= 0.3 is 6.03 Å². The molecule has 0 saturated heterocycles. The molecular formula is C16H24N4O3. The number of nitrogens with two attached hydrogens (primary N) is 1. The number of anilines is 1. The lowest BCUT2D eigenvalue weighted by Gasteiger charge is -2.17. The number of amides is 4. The van der Waals surface area contributed by atoms with Gasteiger partial charge in [-0.15, -0.1) is 0 Å². The van der Waals surface area contributed by atoms with Gasteiger partial charge in [-0.25, -0.2) is 4.79 Å². The first-order valence-electron chi connectivity index (χ1n) is 7.34. The molecule has 0 aromatic heterocycles. The van der Waals surface area contributed by atoms with E-state index in [2.05, 4.69) is 5.32 Å². The van der Waals surface area contributed by atoms with E-state index in [4.69, 9.17) is 5.73 Å². The summed E-state index contributed by atoms with van der Waals surface area (Å²) in [5, 5.41) is 4.89. The van der Waals surface area contributed by atoms with E-state index in [1.54, 1.807) is 11.9 Å². The Morgan fingerprint density at radius 3 is 2.17 bits per heavy atom. The zero-order chi connectivity index (χ0) is 17.6. The molecule has 0 atom stereocenters. The average Bonchev–Trinajstić information content (AvgIpc) is 2.39. The van der Waals surface area contributed by atoms with Gasteiger partial charge in [-0.3, -0.25) is 19.8 Å². The van der Waals surface area contributed by atoms with Crippen LogP contribution in [0.3, 0.4) is 0 Å². The number of imide groups is 1. The Morgan fingerprint density at radius 2 is 1.65 bits per heavy atom. The molecule has 1 rings (SSSR count). The van der Waals surface area contributed by atoms with Crippen molar-refractivity contribution in [1.29, 1.82) is 0 Å². The SMILES string of the molecule is Cc1cc(C)c(NC(=O)CN(C)CCC(=O)NC(N)=O)c(C)c1. The summed E-state index contributed by atoms with van der Waals surface area (Å²) in [5.41, 5.74) is 8.85. The molecule has 1 aromatic rings. The molecule has 0 aliphatic heterocycles. The first-order chi connectivity index (χ1) is 10.7. The lowest BCUT2D eigenvalue weighted by Crippen LogP contribution is -2.38. The molecule has 7 heteroatoms. The van der Waals surface area contributed by atoms with Gasteiger partial charge < -0.3 is 11.1 Å². The van der Waals surface area contributed by atoms with Crippen molar-refractivity contribution in [1.82, 2.24) is 10.2 Å². The van der Waals surface area contributed by atoms with E-state index in [-0.39, 0.29) is 18.9 Å². The second-order valence-corrected chi connectivity index (χ2v) is 5.72. The van der Waals surface area contributed by atoms with Gasteiger partial charge in [0.1, 0.15) is 0 Å². The van der Waals surface area contributed by atoms with E-state index in [9.17, 15) is 14.4 Å². The molecule has 0 radical (unpaired) electrons. The molecule has 0 saturated carbocycles. The molecule has 1 aromatic carbocycles. The minimum atomic E-state index is -0.874. The number of likely N-dealkylation sites (N-methyl/N-ethyl adjacent to an activating group) is 1. The highest BCUT2D eigenvalue weighted by Crippen LogP contribution is 2.21. The summed E-state index contributed by atoms with van der Waals surface area (Å²) in [6.07, 6.45) is 0.0926. The molecule has 0 heterocycles. The van der Waals surface area contributed by atoms with Crippen LogP contribution >= 0.6 is 0 Å². The molecule has 126 valence electrons. The van der Waals surface area contributed by atoms with Crippen LogP contribution < -0.4 is 16.4 Å². The van der Waals surface area contributed by atoms with Crippen LogP contribution in [-0.2, 0) is 9.59 Å². The van der Waals surface area contributed by atoms with Crippen molar-refractivity contribution in [2.45, 2.75) is 27.2 Å². The van der Waals surface area contributed by atoms with Crippen molar-refractivity contribution >= 4 is 23.5 Å². The molecule has 0 unspecified atom stereocenters.